The quantitative estimate of drug-likeness (QED) is 0.627. The molecule has 0 heterocycles. The van der Waals surface area contributed by atoms with Crippen molar-refractivity contribution < 1.29 is 9.00 Å². The molecule has 0 aliphatic heterocycles. The first-order valence-electron chi connectivity index (χ1n) is 4.41. The van der Waals surface area contributed by atoms with Crippen LogP contribution in [0.25, 0.3) is 0 Å². The molecule has 5 heteroatoms. The Morgan fingerprint density at radius 2 is 2.08 bits per heavy atom. The van der Waals surface area contributed by atoms with Crippen LogP contribution in [0, 0.1) is 0 Å². The SMILES string of the molecule is CCC(C(N)=O)S(=O)CCC(C)N. The Labute approximate surface area is 81.5 Å². The highest BCUT2D eigenvalue weighted by Gasteiger charge is 2.20. The molecule has 0 aliphatic rings. The van der Waals surface area contributed by atoms with Gasteiger partial charge in [0.05, 0.1) is 0 Å². The predicted octanol–water partition coefficient (Wildman–Crippen LogP) is -0.264. The number of hydrogen-bond acceptors (Lipinski definition) is 3. The van der Waals surface area contributed by atoms with Crippen LogP contribution in [0.15, 0.2) is 0 Å². The molecule has 0 spiro atoms. The third kappa shape index (κ3) is 5.00. The van der Waals surface area contributed by atoms with Crippen molar-refractivity contribution in [3.05, 3.63) is 0 Å². The second-order valence-corrected chi connectivity index (χ2v) is 4.89. The number of hydrogen-bond donors (Lipinski definition) is 2. The van der Waals surface area contributed by atoms with Gasteiger partial charge >= 0.3 is 0 Å². The number of carbonyl (C=O) groups excluding carboxylic acids is 1. The van der Waals surface area contributed by atoms with Gasteiger partial charge in [-0.05, 0) is 19.8 Å². The van der Waals surface area contributed by atoms with Gasteiger partial charge in [-0.25, -0.2) is 0 Å². The number of primary amides is 1. The molecule has 0 aromatic rings. The Balaban J connectivity index is 4.00. The molecule has 0 aromatic carbocycles. The fraction of sp³-hybridized carbons (Fsp3) is 0.875. The standard InChI is InChI=1S/C8H18N2O2S/c1-3-7(8(10)11)13(12)5-4-6(2)9/h6-7H,3-5,9H2,1-2H3,(H2,10,11). The molecule has 1 amide bonds. The van der Waals surface area contributed by atoms with E-state index in [1.165, 1.54) is 0 Å². The van der Waals surface area contributed by atoms with Gasteiger partial charge in [-0.3, -0.25) is 9.00 Å². The number of amides is 1. The number of rotatable bonds is 6. The van der Waals surface area contributed by atoms with E-state index in [0.717, 1.165) is 0 Å². The summed E-state index contributed by atoms with van der Waals surface area (Å²) in [5.41, 5.74) is 10.6. The number of nitrogens with two attached hydrogens (primary N) is 2. The molecule has 4 nitrogen and oxygen atoms in total. The fourth-order valence-corrected chi connectivity index (χ4v) is 2.48. The summed E-state index contributed by atoms with van der Waals surface area (Å²) in [5, 5.41) is -0.515. The van der Waals surface area contributed by atoms with Gasteiger partial charge in [-0.2, -0.15) is 0 Å². The lowest BCUT2D eigenvalue weighted by Gasteiger charge is -2.11. The predicted molar refractivity (Wildman–Crippen MR) is 54.5 cm³/mol. The highest BCUT2D eigenvalue weighted by atomic mass is 32.2. The zero-order valence-corrected chi connectivity index (χ0v) is 8.97. The normalized spacial score (nSPS) is 17.8. The van der Waals surface area contributed by atoms with Crippen LogP contribution < -0.4 is 11.5 Å². The van der Waals surface area contributed by atoms with Gasteiger partial charge in [0, 0.05) is 22.6 Å². The summed E-state index contributed by atoms with van der Waals surface area (Å²) in [6.45, 7) is 3.65. The average molecular weight is 206 g/mol. The Hall–Kier alpha value is -0.420. The van der Waals surface area contributed by atoms with Crippen LogP contribution in [0.3, 0.4) is 0 Å². The molecule has 78 valence electrons. The van der Waals surface area contributed by atoms with Crippen molar-refractivity contribution in [3.63, 3.8) is 0 Å². The van der Waals surface area contributed by atoms with E-state index < -0.39 is 22.0 Å². The van der Waals surface area contributed by atoms with Gasteiger partial charge in [-0.1, -0.05) is 6.92 Å². The molecule has 0 saturated carbocycles. The van der Waals surface area contributed by atoms with Gasteiger partial charge in [0.1, 0.15) is 5.25 Å². The maximum Gasteiger partial charge on any atom is 0.233 e. The van der Waals surface area contributed by atoms with Crippen molar-refractivity contribution in [3.8, 4) is 0 Å². The second-order valence-electron chi connectivity index (χ2n) is 3.15. The lowest BCUT2D eigenvalue weighted by molar-refractivity contribution is -0.117. The molecule has 3 unspecified atom stereocenters. The first kappa shape index (κ1) is 12.6. The van der Waals surface area contributed by atoms with E-state index in [9.17, 15) is 9.00 Å². The Morgan fingerprint density at radius 3 is 2.38 bits per heavy atom. The van der Waals surface area contributed by atoms with Crippen molar-refractivity contribution in [1.82, 2.24) is 0 Å². The van der Waals surface area contributed by atoms with Crippen molar-refractivity contribution in [2.75, 3.05) is 5.75 Å². The Morgan fingerprint density at radius 1 is 1.54 bits per heavy atom. The summed E-state index contributed by atoms with van der Waals surface area (Å²) in [6, 6.07) is 0.0225. The molecule has 0 bridgehead atoms. The zero-order valence-electron chi connectivity index (χ0n) is 8.16. The van der Waals surface area contributed by atoms with E-state index in [0.29, 0.717) is 18.6 Å². The molecule has 0 radical (unpaired) electrons. The average Bonchev–Trinajstić information content (AvgIpc) is 2.01. The summed E-state index contributed by atoms with van der Waals surface area (Å²) in [7, 11) is -1.16. The molecule has 4 N–H and O–H groups in total. The van der Waals surface area contributed by atoms with Crippen LogP contribution in [0.1, 0.15) is 26.7 Å². The zero-order chi connectivity index (χ0) is 10.4. The lowest BCUT2D eigenvalue weighted by atomic mass is 10.3. The molecule has 3 atom stereocenters. The van der Waals surface area contributed by atoms with Crippen LogP contribution in [-0.2, 0) is 15.6 Å². The maximum absolute atomic E-state index is 11.5. The summed E-state index contributed by atoms with van der Waals surface area (Å²) >= 11 is 0. The highest BCUT2D eigenvalue weighted by Crippen LogP contribution is 2.03. The smallest absolute Gasteiger partial charge is 0.233 e. The van der Waals surface area contributed by atoms with Gasteiger partial charge in [0.25, 0.3) is 0 Å². The maximum atomic E-state index is 11.5. The molecule has 0 fully saturated rings. The van der Waals surface area contributed by atoms with Gasteiger partial charge in [-0.15, -0.1) is 0 Å². The monoisotopic (exact) mass is 206 g/mol. The van der Waals surface area contributed by atoms with Crippen LogP contribution in [0.4, 0.5) is 0 Å². The lowest BCUT2D eigenvalue weighted by Crippen LogP contribution is -2.34. The van der Waals surface area contributed by atoms with Crippen LogP contribution in [0.5, 0.6) is 0 Å². The largest absolute Gasteiger partial charge is 0.369 e. The Kier molecular flexibility index (Phi) is 5.90. The summed E-state index contributed by atoms with van der Waals surface area (Å²) in [6.07, 6.45) is 1.19. The Bertz CT molecular complexity index is 195. The summed E-state index contributed by atoms with van der Waals surface area (Å²) in [5.74, 6) is -0.0236. The first-order valence-corrected chi connectivity index (χ1v) is 5.79. The third-order valence-electron chi connectivity index (χ3n) is 1.78. The third-order valence-corrected chi connectivity index (χ3v) is 3.62. The minimum atomic E-state index is -1.16. The van der Waals surface area contributed by atoms with Crippen molar-refractivity contribution in [2.24, 2.45) is 11.5 Å². The van der Waals surface area contributed by atoms with E-state index >= 15 is 0 Å². The molecule has 0 rings (SSSR count). The fourth-order valence-electron chi connectivity index (χ4n) is 0.961. The summed E-state index contributed by atoms with van der Waals surface area (Å²) in [4.78, 5) is 10.8. The molecule has 0 aliphatic carbocycles. The molecular formula is C8H18N2O2S. The van der Waals surface area contributed by atoms with Gasteiger partial charge in [0.2, 0.25) is 5.91 Å². The van der Waals surface area contributed by atoms with Crippen molar-refractivity contribution in [2.45, 2.75) is 38.0 Å². The van der Waals surface area contributed by atoms with Crippen molar-refractivity contribution in [1.29, 1.82) is 0 Å². The molecule has 13 heavy (non-hydrogen) atoms. The topological polar surface area (TPSA) is 86.2 Å². The van der Waals surface area contributed by atoms with E-state index in [2.05, 4.69) is 0 Å². The molecular weight excluding hydrogens is 188 g/mol. The molecule has 0 saturated heterocycles. The second kappa shape index (κ2) is 6.10. The number of carbonyl (C=O) groups is 1. The molecule has 0 aromatic heterocycles. The van der Waals surface area contributed by atoms with Crippen LogP contribution in [-0.4, -0.2) is 27.2 Å². The van der Waals surface area contributed by atoms with Gasteiger partial charge < -0.3 is 11.5 Å². The minimum absolute atomic E-state index is 0.0225. The summed E-state index contributed by atoms with van der Waals surface area (Å²) < 4.78 is 11.5. The van der Waals surface area contributed by atoms with E-state index in [4.69, 9.17) is 11.5 Å². The van der Waals surface area contributed by atoms with E-state index in [-0.39, 0.29) is 6.04 Å². The van der Waals surface area contributed by atoms with Crippen molar-refractivity contribution >= 4 is 16.7 Å². The minimum Gasteiger partial charge on any atom is -0.369 e. The van der Waals surface area contributed by atoms with Crippen LogP contribution >= 0.6 is 0 Å². The first-order chi connectivity index (χ1) is 5.99. The van der Waals surface area contributed by atoms with E-state index in [1.807, 2.05) is 6.92 Å². The highest BCUT2D eigenvalue weighted by molar-refractivity contribution is 7.86. The van der Waals surface area contributed by atoms with E-state index in [1.54, 1.807) is 6.92 Å². The van der Waals surface area contributed by atoms with Gasteiger partial charge in [0.15, 0.2) is 0 Å². The van der Waals surface area contributed by atoms with Crippen LogP contribution in [0.2, 0.25) is 0 Å².